The molecule has 1 N–H and O–H groups in total. The van der Waals surface area contributed by atoms with Gasteiger partial charge in [-0.1, -0.05) is 32.9 Å². The van der Waals surface area contributed by atoms with Crippen LogP contribution in [-0.4, -0.2) is 37.0 Å². The quantitative estimate of drug-likeness (QED) is 0.866. The van der Waals surface area contributed by atoms with Crippen LogP contribution < -0.4 is 5.32 Å². The Morgan fingerprint density at radius 1 is 1.22 bits per heavy atom. The largest absolute Gasteiger partial charge is 0.347 e. The molecule has 0 bridgehead atoms. The second kappa shape index (κ2) is 4.73. The molecule has 0 saturated carbocycles. The van der Waals surface area contributed by atoms with Gasteiger partial charge in [0.25, 0.3) is 5.91 Å². The van der Waals surface area contributed by atoms with Crippen molar-refractivity contribution < 1.29 is 4.79 Å². The monoisotopic (exact) mass is 246 g/mol. The van der Waals surface area contributed by atoms with Gasteiger partial charge in [0.1, 0.15) is 0 Å². The number of likely N-dealkylation sites (N-methyl/N-ethyl adjacent to an activating group) is 1. The second-order valence-corrected chi connectivity index (χ2v) is 6.22. The summed E-state index contributed by atoms with van der Waals surface area (Å²) in [6, 6.07) is 8.23. The number of carbonyl (C=O) groups excluding carboxylic acids is 1. The molecule has 1 aliphatic heterocycles. The van der Waals surface area contributed by atoms with E-state index in [-0.39, 0.29) is 11.3 Å². The number of hydrogen-bond acceptors (Lipinski definition) is 2. The summed E-state index contributed by atoms with van der Waals surface area (Å²) in [5.74, 6) is 0.0357. The van der Waals surface area contributed by atoms with E-state index in [1.165, 1.54) is 5.56 Å². The minimum Gasteiger partial charge on any atom is -0.347 e. The standard InChI is InChI=1S/C15H22N2O/c1-15(2,3)12-7-5-11(6-8-12)14(18)16-13-9-17(4)10-13/h5-8,13H,9-10H2,1-4H3,(H,16,18). The third-order valence-corrected chi connectivity index (χ3v) is 3.41. The number of likely N-dealkylation sites (tertiary alicyclic amines) is 1. The molecule has 0 aromatic heterocycles. The van der Waals surface area contributed by atoms with Crippen molar-refractivity contribution in [2.24, 2.45) is 0 Å². The van der Waals surface area contributed by atoms with Gasteiger partial charge in [-0.25, -0.2) is 0 Å². The molecule has 2 rings (SSSR count). The van der Waals surface area contributed by atoms with E-state index in [0.717, 1.165) is 18.7 Å². The normalized spacial score (nSPS) is 17.3. The van der Waals surface area contributed by atoms with E-state index < -0.39 is 0 Å². The number of benzene rings is 1. The first kappa shape index (κ1) is 13.1. The first-order valence-electron chi connectivity index (χ1n) is 6.46. The average Bonchev–Trinajstić information content (AvgIpc) is 2.26. The second-order valence-electron chi connectivity index (χ2n) is 6.22. The van der Waals surface area contributed by atoms with Gasteiger partial charge in [0, 0.05) is 18.7 Å². The van der Waals surface area contributed by atoms with E-state index in [1.807, 2.05) is 24.3 Å². The summed E-state index contributed by atoms with van der Waals surface area (Å²) in [5.41, 5.74) is 2.13. The van der Waals surface area contributed by atoms with Crippen LogP contribution in [0.25, 0.3) is 0 Å². The summed E-state index contributed by atoms with van der Waals surface area (Å²) < 4.78 is 0. The van der Waals surface area contributed by atoms with E-state index in [2.05, 4.69) is 38.0 Å². The third kappa shape index (κ3) is 2.91. The number of amides is 1. The van der Waals surface area contributed by atoms with Gasteiger partial charge < -0.3 is 10.2 Å². The Balaban J connectivity index is 1.99. The molecule has 0 radical (unpaired) electrons. The van der Waals surface area contributed by atoms with Gasteiger partial charge in [0.15, 0.2) is 0 Å². The zero-order valence-corrected chi connectivity index (χ0v) is 11.7. The highest BCUT2D eigenvalue weighted by molar-refractivity contribution is 5.94. The Hall–Kier alpha value is -1.35. The number of nitrogens with one attached hydrogen (secondary N) is 1. The minimum atomic E-state index is 0.0357. The summed E-state index contributed by atoms with van der Waals surface area (Å²) in [5, 5.41) is 3.04. The third-order valence-electron chi connectivity index (χ3n) is 3.41. The zero-order valence-electron chi connectivity index (χ0n) is 11.7. The maximum Gasteiger partial charge on any atom is 0.251 e. The molecule has 1 heterocycles. The Kier molecular flexibility index (Phi) is 3.44. The van der Waals surface area contributed by atoms with Crippen LogP contribution in [-0.2, 0) is 5.41 Å². The number of hydrogen-bond donors (Lipinski definition) is 1. The molecule has 1 saturated heterocycles. The highest BCUT2D eigenvalue weighted by Crippen LogP contribution is 2.22. The molecule has 1 amide bonds. The van der Waals surface area contributed by atoms with Gasteiger partial charge in [-0.05, 0) is 30.2 Å². The predicted octanol–water partition coefficient (Wildman–Crippen LogP) is 2.03. The predicted molar refractivity (Wildman–Crippen MR) is 73.9 cm³/mol. The van der Waals surface area contributed by atoms with E-state index in [1.54, 1.807) is 0 Å². The van der Waals surface area contributed by atoms with Gasteiger partial charge in [0.2, 0.25) is 0 Å². The van der Waals surface area contributed by atoms with Gasteiger partial charge >= 0.3 is 0 Å². The maximum absolute atomic E-state index is 12.0. The highest BCUT2D eigenvalue weighted by atomic mass is 16.1. The Bertz CT molecular complexity index is 425. The Morgan fingerprint density at radius 3 is 2.22 bits per heavy atom. The van der Waals surface area contributed by atoms with Gasteiger partial charge in [-0.15, -0.1) is 0 Å². The molecule has 1 fully saturated rings. The van der Waals surface area contributed by atoms with E-state index in [9.17, 15) is 4.79 Å². The molecule has 1 aromatic rings. The van der Waals surface area contributed by atoms with Gasteiger partial charge in [-0.3, -0.25) is 4.79 Å². The van der Waals surface area contributed by atoms with Crippen molar-refractivity contribution in [1.82, 2.24) is 10.2 Å². The number of nitrogens with zero attached hydrogens (tertiary/aromatic N) is 1. The smallest absolute Gasteiger partial charge is 0.251 e. The van der Waals surface area contributed by atoms with E-state index in [0.29, 0.717) is 6.04 Å². The van der Waals surface area contributed by atoms with Crippen molar-refractivity contribution in [1.29, 1.82) is 0 Å². The van der Waals surface area contributed by atoms with E-state index >= 15 is 0 Å². The SMILES string of the molecule is CN1CC(NC(=O)c2ccc(C(C)(C)C)cc2)C1. The summed E-state index contributed by atoms with van der Waals surface area (Å²) >= 11 is 0. The average molecular weight is 246 g/mol. The lowest BCUT2D eigenvalue weighted by atomic mass is 9.86. The van der Waals surface area contributed by atoms with Crippen molar-refractivity contribution in [3.05, 3.63) is 35.4 Å². The van der Waals surface area contributed by atoms with Crippen LogP contribution in [0.15, 0.2) is 24.3 Å². The molecular formula is C15H22N2O. The van der Waals surface area contributed by atoms with Crippen molar-refractivity contribution in [3.8, 4) is 0 Å². The molecule has 1 aromatic carbocycles. The molecular weight excluding hydrogens is 224 g/mol. The topological polar surface area (TPSA) is 32.3 Å². The number of carbonyl (C=O) groups is 1. The molecule has 18 heavy (non-hydrogen) atoms. The van der Waals surface area contributed by atoms with Crippen molar-refractivity contribution in [2.75, 3.05) is 20.1 Å². The lowest BCUT2D eigenvalue weighted by molar-refractivity contribution is 0.0857. The van der Waals surface area contributed by atoms with Crippen LogP contribution in [0, 0.1) is 0 Å². The van der Waals surface area contributed by atoms with Crippen LogP contribution in [0.5, 0.6) is 0 Å². The van der Waals surface area contributed by atoms with Crippen molar-refractivity contribution in [2.45, 2.75) is 32.2 Å². The highest BCUT2D eigenvalue weighted by Gasteiger charge is 2.25. The van der Waals surface area contributed by atoms with Gasteiger partial charge in [0.05, 0.1) is 6.04 Å². The summed E-state index contributed by atoms with van der Waals surface area (Å²) in [6.45, 7) is 8.42. The molecule has 0 unspecified atom stereocenters. The molecule has 98 valence electrons. The summed E-state index contributed by atoms with van der Waals surface area (Å²) in [6.07, 6.45) is 0. The van der Waals surface area contributed by atoms with Crippen molar-refractivity contribution in [3.63, 3.8) is 0 Å². The summed E-state index contributed by atoms with van der Waals surface area (Å²) in [4.78, 5) is 14.2. The molecule has 0 aliphatic carbocycles. The first-order chi connectivity index (χ1) is 8.36. The van der Waals surface area contributed by atoms with Crippen molar-refractivity contribution >= 4 is 5.91 Å². The maximum atomic E-state index is 12.0. The Morgan fingerprint density at radius 2 is 1.78 bits per heavy atom. The van der Waals surface area contributed by atoms with Crippen LogP contribution in [0.4, 0.5) is 0 Å². The molecule has 3 heteroatoms. The fraction of sp³-hybridized carbons (Fsp3) is 0.533. The van der Waals surface area contributed by atoms with E-state index in [4.69, 9.17) is 0 Å². The van der Waals surface area contributed by atoms with Crippen LogP contribution in [0.1, 0.15) is 36.7 Å². The fourth-order valence-electron chi connectivity index (χ4n) is 2.18. The fourth-order valence-corrected chi connectivity index (χ4v) is 2.18. The van der Waals surface area contributed by atoms with Crippen LogP contribution in [0.3, 0.4) is 0 Å². The summed E-state index contributed by atoms with van der Waals surface area (Å²) in [7, 11) is 2.06. The van der Waals surface area contributed by atoms with Gasteiger partial charge in [-0.2, -0.15) is 0 Å². The Labute approximate surface area is 109 Å². The number of rotatable bonds is 2. The minimum absolute atomic E-state index is 0.0357. The molecule has 0 atom stereocenters. The molecule has 3 nitrogen and oxygen atoms in total. The first-order valence-corrected chi connectivity index (χ1v) is 6.46. The van der Waals surface area contributed by atoms with Crippen LogP contribution in [0.2, 0.25) is 0 Å². The molecule has 0 spiro atoms. The lowest BCUT2D eigenvalue weighted by Gasteiger charge is -2.36. The zero-order chi connectivity index (χ0) is 13.3. The van der Waals surface area contributed by atoms with Crippen LogP contribution >= 0.6 is 0 Å². The lowest BCUT2D eigenvalue weighted by Crippen LogP contribution is -2.57. The molecule has 1 aliphatic rings.